The summed E-state index contributed by atoms with van der Waals surface area (Å²) in [5.74, 6) is -1.59. The number of rotatable bonds is 10. The summed E-state index contributed by atoms with van der Waals surface area (Å²) in [7, 11) is 0. The quantitative estimate of drug-likeness (QED) is 0.476. The lowest BCUT2D eigenvalue weighted by Gasteiger charge is -2.24. The lowest BCUT2D eigenvalue weighted by Crippen LogP contribution is -2.45. The summed E-state index contributed by atoms with van der Waals surface area (Å²) in [6, 6.07) is 7.62. The molecule has 0 aliphatic rings. The molecular formula is C18H20Cl2N4O5. The number of hydrogen-bond donors (Lipinski definition) is 3. The number of aliphatic carboxylic acids is 1. The molecule has 11 heteroatoms. The van der Waals surface area contributed by atoms with Gasteiger partial charge in [0.1, 0.15) is 0 Å². The molecule has 0 saturated carbocycles. The summed E-state index contributed by atoms with van der Waals surface area (Å²) >= 11 is 11.5. The number of alkyl halides is 2. The van der Waals surface area contributed by atoms with Crippen molar-refractivity contribution in [3.05, 3.63) is 36.5 Å². The number of aromatic nitrogens is 1. The van der Waals surface area contributed by atoms with Crippen molar-refractivity contribution in [3.63, 3.8) is 0 Å². The van der Waals surface area contributed by atoms with E-state index >= 15 is 0 Å². The topological polar surface area (TPSA) is 139 Å². The first-order valence-electron chi connectivity index (χ1n) is 8.65. The van der Waals surface area contributed by atoms with Crippen molar-refractivity contribution in [2.24, 2.45) is 5.73 Å². The molecular weight excluding hydrogens is 423 g/mol. The third-order valence-electron chi connectivity index (χ3n) is 3.97. The maximum Gasteiger partial charge on any atom is 0.303 e. The second-order valence-electron chi connectivity index (χ2n) is 6.05. The number of nitrogens with zero attached hydrogens (tertiary/aromatic N) is 2. The fourth-order valence-electron chi connectivity index (χ4n) is 2.51. The molecule has 0 fully saturated rings. The van der Waals surface area contributed by atoms with Gasteiger partial charge >= 0.3 is 5.97 Å². The van der Waals surface area contributed by atoms with E-state index in [2.05, 4.69) is 10.5 Å². The number of carboxylic acids is 1. The van der Waals surface area contributed by atoms with Gasteiger partial charge in [0.2, 0.25) is 5.91 Å². The van der Waals surface area contributed by atoms with Crippen LogP contribution in [0.25, 0.3) is 11.3 Å². The van der Waals surface area contributed by atoms with Crippen molar-refractivity contribution in [2.75, 3.05) is 18.0 Å². The van der Waals surface area contributed by atoms with E-state index in [0.717, 1.165) is 0 Å². The molecule has 9 nitrogen and oxygen atoms in total. The molecule has 0 bridgehead atoms. The highest BCUT2D eigenvalue weighted by Crippen LogP contribution is 2.25. The van der Waals surface area contributed by atoms with Crippen LogP contribution in [-0.4, -0.2) is 52.0 Å². The Hall–Kier alpha value is -2.62. The number of halogens is 2. The predicted molar refractivity (Wildman–Crippen MR) is 108 cm³/mol. The number of carboxylic acid groups (broad SMARTS) is 1. The fraction of sp³-hybridized carbons (Fsp3) is 0.333. The lowest BCUT2D eigenvalue weighted by atomic mass is 10.1. The highest BCUT2D eigenvalue weighted by Gasteiger charge is 2.23. The Morgan fingerprint density at radius 1 is 1.28 bits per heavy atom. The number of benzene rings is 1. The van der Waals surface area contributed by atoms with Crippen LogP contribution in [0.4, 0.5) is 5.69 Å². The Bertz CT molecular complexity index is 845. The van der Waals surface area contributed by atoms with E-state index < -0.39 is 28.7 Å². The van der Waals surface area contributed by atoms with E-state index in [-0.39, 0.29) is 25.9 Å². The van der Waals surface area contributed by atoms with Crippen LogP contribution < -0.4 is 16.0 Å². The summed E-state index contributed by atoms with van der Waals surface area (Å²) in [6.07, 6.45) is 1.30. The average molecular weight is 443 g/mol. The van der Waals surface area contributed by atoms with Crippen LogP contribution in [0.5, 0.6) is 0 Å². The smallest absolute Gasteiger partial charge is 0.303 e. The molecule has 156 valence electrons. The lowest BCUT2D eigenvalue weighted by molar-refractivity contribution is -0.137. The molecule has 2 amide bonds. The Morgan fingerprint density at radius 2 is 2.03 bits per heavy atom. The average Bonchev–Trinajstić information content (AvgIpc) is 3.23. The highest BCUT2D eigenvalue weighted by atomic mass is 35.5. The maximum absolute atomic E-state index is 12.5. The molecule has 0 spiro atoms. The Balaban J connectivity index is 2.06. The van der Waals surface area contributed by atoms with Gasteiger partial charge in [-0.1, -0.05) is 40.5 Å². The zero-order chi connectivity index (χ0) is 21.4. The van der Waals surface area contributed by atoms with E-state index in [1.807, 2.05) is 0 Å². The van der Waals surface area contributed by atoms with Gasteiger partial charge in [-0.25, -0.2) is 0 Å². The first kappa shape index (κ1) is 22.7. The van der Waals surface area contributed by atoms with Crippen molar-refractivity contribution in [1.82, 2.24) is 10.5 Å². The van der Waals surface area contributed by atoms with Gasteiger partial charge in [-0.3, -0.25) is 14.4 Å². The molecule has 0 saturated heterocycles. The maximum atomic E-state index is 12.5. The number of carbonyl (C=O) groups is 3. The van der Waals surface area contributed by atoms with E-state index in [1.165, 1.54) is 11.1 Å². The van der Waals surface area contributed by atoms with Crippen LogP contribution >= 0.6 is 23.2 Å². The fourth-order valence-corrected chi connectivity index (χ4v) is 2.74. The second-order valence-corrected chi connectivity index (χ2v) is 7.14. The monoisotopic (exact) mass is 442 g/mol. The standard InChI is InChI=1S/C18H20Cl2N4O5/c19-16(20)18(28)24(9-8-22-17(27)13(21)4-5-15(25)26)12-3-1-2-11(10-12)14-6-7-23-29-14/h1-3,6-7,10,13,16H,4-5,8-9,21H2,(H,22,27)(H,25,26)/t13-/m0/s1. The van der Waals surface area contributed by atoms with Gasteiger partial charge in [0.25, 0.3) is 5.91 Å². The Labute approximate surface area is 176 Å². The first-order valence-corrected chi connectivity index (χ1v) is 9.52. The molecule has 0 radical (unpaired) electrons. The van der Waals surface area contributed by atoms with Crippen LogP contribution in [0.2, 0.25) is 0 Å². The minimum Gasteiger partial charge on any atom is -0.481 e. The Kier molecular flexibility index (Phi) is 8.44. The van der Waals surface area contributed by atoms with E-state index in [0.29, 0.717) is 17.0 Å². The van der Waals surface area contributed by atoms with E-state index in [1.54, 1.807) is 30.3 Å². The van der Waals surface area contributed by atoms with Crippen molar-refractivity contribution in [2.45, 2.75) is 23.7 Å². The number of hydrogen-bond acceptors (Lipinski definition) is 6. The minimum absolute atomic E-state index is 0.00841. The number of amides is 2. The van der Waals surface area contributed by atoms with Crippen LogP contribution in [0.3, 0.4) is 0 Å². The highest BCUT2D eigenvalue weighted by molar-refractivity contribution is 6.54. The molecule has 2 rings (SSSR count). The van der Waals surface area contributed by atoms with Gasteiger partial charge in [-0.2, -0.15) is 0 Å². The SMILES string of the molecule is N[C@@H](CCC(=O)O)C(=O)NCCN(C(=O)C(Cl)Cl)c1cccc(-c2ccno2)c1. The van der Waals surface area contributed by atoms with Crippen LogP contribution in [0.15, 0.2) is 41.1 Å². The molecule has 0 unspecified atom stereocenters. The summed E-state index contributed by atoms with van der Waals surface area (Å²) in [5.41, 5.74) is 6.85. The number of nitrogens with two attached hydrogens (primary N) is 1. The van der Waals surface area contributed by atoms with Gasteiger partial charge in [-0.05, 0) is 18.6 Å². The van der Waals surface area contributed by atoms with Gasteiger partial charge in [0.15, 0.2) is 10.6 Å². The number of anilines is 1. The molecule has 0 aliphatic carbocycles. The predicted octanol–water partition coefficient (Wildman–Crippen LogP) is 1.79. The number of nitrogens with one attached hydrogen (secondary N) is 1. The zero-order valence-electron chi connectivity index (χ0n) is 15.3. The zero-order valence-corrected chi connectivity index (χ0v) is 16.8. The van der Waals surface area contributed by atoms with Crippen molar-refractivity contribution in [3.8, 4) is 11.3 Å². The third kappa shape index (κ3) is 6.74. The van der Waals surface area contributed by atoms with Crippen LogP contribution in [0, 0.1) is 0 Å². The van der Waals surface area contributed by atoms with Crippen molar-refractivity contribution in [1.29, 1.82) is 0 Å². The first-order chi connectivity index (χ1) is 13.8. The second kappa shape index (κ2) is 10.8. The van der Waals surface area contributed by atoms with Gasteiger partial charge in [-0.15, -0.1) is 0 Å². The minimum atomic E-state index is -1.29. The van der Waals surface area contributed by atoms with Crippen molar-refractivity contribution < 1.29 is 24.0 Å². The molecule has 1 aromatic heterocycles. The summed E-state index contributed by atoms with van der Waals surface area (Å²) in [6.45, 7) is 0.143. The molecule has 2 aromatic rings. The molecule has 4 N–H and O–H groups in total. The van der Waals surface area contributed by atoms with Gasteiger partial charge in [0, 0.05) is 36.8 Å². The van der Waals surface area contributed by atoms with E-state index in [9.17, 15) is 14.4 Å². The summed E-state index contributed by atoms with van der Waals surface area (Å²) in [4.78, 5) is 35.0. The molecule has 1 heterocycles. The molecule has 1 aromatic carbocycles. The third-order valence-corrected chi connectivity index (χ3v) is 4.35. The van der Waals surface area contributed by atoms with Crippen molar-refractivity contribution >= 4 is 46.7 Å². The Morgan fingerprint density at radius 3 is 2.66 bits per heavy atom. The molecule has 0 aliphatic heterocycles. The van der Waals surface area contributed by atoms with Crippen LogP contribution in [-0.2, 0) is 14.4 Å². The largest absolute Gasteiger partial charge is 0.481 e. The van der Waals surface area contributed by atoms with E-state index in [4.69, 9.17) is 38.6 Å². The van der Waals surface area contributed by atoms with Gasteiger partial charge in [0.05, 0.1) is 12.2 Å². The summed E-state index contributed by atoms with van der Waals surface area (Å²) < 4.78 is 5.12. The van der Waals surface area contributed by atoms with Gasteiger partial charge < -0.3 is 25.6 Å². The molecule has 29 heavy (non-hydrogen) atoms. The van der Waals surface area contributed by atoms with Crippen LogP contribution in [0.1, 0.15) is 12.8 Å². The normalized spacial score (nSPS) is 11.9. The summed E-state index contributed by atoms with van der Waals surface area (Å²) in [5, 5.41) is 14.9. The number of carbonyl (C=O) groups excluding carboxylic acids is 2. The molecule has 1 atom stereocenters.